The highest BCUT2D eigenvalue weighted by Crippen LogP contribution is 2.28. The number of benzene rings is 2. The topological polar surface area (TPSA) is 62.1 Å². The third-order valence-corrected chi connectivity index (χ3v) is 5.00. The molecule has 27 heavy (non-hydrogen) atoms. The van der Waals surface area contributed by atoms with E-state index in [1.165, 1.54) is 0 Å². The summed E-state index contributed by atoms with van der Waals surface area (Å²) >= 11 is 0. The lowest BCUT2D eigenvalue weighted by Crippen LogP contribution is -2.16. The first-order valence-corrected chi connectivity index (χ1v) is 9.21. The summed E-state index contributed by atoms with van der Waals surface area (Å²) in [6.45, 7) is 1.54. The average molecular weight is 360 g/mol. The van der Waals surface area contributed by atoms with E-state index < -0.39 is 0 Å². The molecule has 6 nitrogen and oxygen atoms in total. The largest absolute Gasteiger partial charge is 0.497 e. The number of para-hydroxylation sites is 2. The second-order valence-electron chi connectivity index (χ2n) is 6.77. The molecule has 4 aromatic rings. The van der Waals surface area contributed by atoms with Crippen LogP contribution in [-0.2, 0) is 11.3 Å². The van der Waals surface area contributed by atoms with Crippen LogP contribution in [-0.4, -0.2) is 39.3 Å². The number of fused-ring (bicyclic) bond motifs is 2. The lowest BCUT2D eigenvalue weighted by Gasteiger charge is -2.14. The van der Waals surface area contributed by atoms with Crippen molar-refractivity contribution in [3.63, 3.8) is 0 Å². The van der Waals surface area contributed by atoms with Crippen LogP contribution in [0.25, 0.3) is 33.7 Å². The molecule has 0 N–H and O–H groups in total. The standard InChI is InChI=1S/C21H20N4O2/c1-26-15-7-4-6-14(12-15)20-24-19-21(25(20)13-16-8-5-11-27-16)23-18-10-3-2-9-17(18)22-19/h2-4,6-7,9-10,12,16H,5,8,11,13H2,1H3. The van der Waals surface area contributed by atoms with Gasteiger partial charge in [0.2, 0.25) is 0 Å². The van der Waals surface area contributed by atoms with Crippen LogP contribution in [0.5, 0.6) is 5.75 Å². The molecule has 5 rings (SSSR count). The van der Waals surface area contributed by atoms with Gasteiger partial charge in [-0.1, -0.05) is 24.3 Å². The normalized spacial score (nSPS) is 17.0. The number of ether oxygens (including phenoxy) is 2. The summed E-state index contributed by atoms with van der Waals surface area (Å²) in [7, 11) is 1.67. The lowest BCUT2D eigenvalue weighted by molar-refractivity contribution is 0.0981. The van der Waals surface area contributed by atoms with Crippen LogP contribution in [0.4, 0.5) is 0 Å². The van der Waals surface area contributed by atoms with Crippen LogP contribution < -0.4 is 4.74 Å². The fourth-order valence-corrected chi connectivity index (χ4v) is 3.65. The summed E-state index contributed by atoms with van der Waals surface area (Å²) < 4.78 is 13.4. The monoisotopic (exact) mass is 360 g/mol. The second kappa shape index (κ2) is 6.63. The van der Waals surface area contributed by atoms with Crippen molar-refractivity contribution >= 4 is 22.3 Å². The Kier molecular flexibility index (Phi) is 3.98. The molecule has 0 radical (unpaired) electrons. The lowest BCUT2D eigenvalue weighted by atomic mass is 10.2. The Morgan fingerprint density at radius 1 is 1.07 bits per heavy atom. The Labute approximate surface area is 156 Å². The van der Waals surface area contributed by atoms with Crippen LogP contribution in [0.1, 0.15) is 12.8 Å². The zero-order chi connectivity index (χ0) is 18.2. The molecular formula is C21H20N4O2. The number of hydrogen-bond donors (Lipinski definition) is 0. The Hall–Kier alpha value is -2.99. The number of rotatable bonds is 4. The van der Waals surface area contributed by atoms with Crippen molar-refractivity contribution in [1.82, 2.24) is 19.5 Å². The van der Waals surface area contributed by atoms with E-state index in [-0.39, 0.29) is 6.10 Å². The van der Waals surface area contributed by atoms with Crippen molar-refractivity contribution in [2.45, 2.75) is 25.5 Å². The molecule has 2 aromatic carbocycles. The Balaban J connectivity index is 1.72. The Morgan fingerprint density at radius 3 is 2.70 bits per heavy atom. The summed E-state index contributed by atoms with van der Waals surface area (Å²) in [4.78, 5) is 14.4. The van der Waals surface area contributed by atoms with Gasteiger partial charge in [0.1, 0.15) is 11.6 Å². The average Bonchev–Trinajstić information content (AvgIpc) is 3.35. The molecule has 1 aliphatic rings. The second-order valence-corrected chi connectivity index (χ2v) is 6.77. The van der Waals surface area contributed by atoms with Crippen molar-refractivity contribution in [3.05, 3.63) is 48.5 Å². The fourth-order valence-electron chi connectivity index (χ4n) is 3.65. The number of imidazole rings is 1. The molecule has 1 fully saturated rings. The van der Waals surface area contributed by atoms with Gasteiger partial charge < -0.3 is 14.0 Å². The molecule has 1 saturated heterocycles. The van der Waals surface area contributed by atoms with Crippen molar-refractivity contribution in [1.29, 1.82) is 0 Å². The van der Waals surface area contributed by atoms with E-state index in [1.807, 2.05) is 48.5 Å². The van der Waals surface area contributed by atoms with E-state index in [2.05, 4.69) is 4.57 Å². The highest BCUT2D eigenvalue weighted by atomic mass is 16.5. The molecule has 1 aliphatic heterocycles. The van der Waals surface area contributed by atoms with Gasteiger partial charge in [-0.05, 0) is 37.1 Å². The Bertz CT molecular complexity index is 1120. The molecule has 136 valence electrons. The number of hydrogen-bond acceptors (Lipinski definition) is 5. The molecule has 1 unspecified atom stereocenters. The predicted molar refractivity (Wildman–Crippen MR) is 104 cm³/mol. The molecule has 0 amide bonds. The smallest absolute Gasteiger partial charge is 0.198 e. The van der Waals surface area contributed by atoms with Crippen LogP contribution in [0.3, 0.4) is 0 Å². The van der Waals surface area contributed by atoms with Gasteiger partial charge in [-0.25, -0.2) is 15.0 Å². The minimum atomic E-state index is 0.181. The maximum absolute atomic E-state index is 5.88. The van der Waals surface area contributed by atoms with Crippen molar-refractivity contribution < 1.29 is 9.47 Å². The first-order chi connectivity index (χ1) is 13.3. The molecule has 3 heterocycles. The highest BCUT2D eigenvalue weighted by molar-refractivity contribution is 5.85. The maximum atomic E-state index is 5.88. The summed E-state index contributed by atoms with van der Waals surface area (Å²) in [6.07, 6.45) is 2.33. The third-order valence-electron chi connectivity index (χ3n) is 5.00. The number of nitrogens with zero attached hydrogens (tertiary/aromatic N) is 4. The van der Waals surface area contributed by atoms with Gasteiger partial charge in [0.05, 0.1) is 30.8 Å². The molecule has 0 saturated carbocycles. The number of aromatic nitrogens is 4. The van der Waals surface area contributed by atoms with Crippen molar-refractivity contribution in [3.8, 4) is 17.1 Å². The van der Waals surface area contributed by atoms with Crippen molar-refractivity contribution in [2.75, 3.05) is 13.7 Å². The summed E-state index contributed by atoms with van der Waals surface area (Å²) in [5.41, 5.74) is 4.15. The van der Waals surface area contributed by atoms with Gasteiger partial charge in [0.15, 0.2) is 11.3 Å². The first-order valence-electron chi connectivity index (χ1n) is 9.21. The minimum Gasteiger partial charge on any atom is -0.497 e. The highest BCUT2D eigenvalue weighted by Gasteiger charge is 2.22. The van der Waals surface area contributed by atoms with Gasteiger partial charge >= 0.3 is 0 Å². The van der Waals surface area contributed by atoms with Gasteiger partial charge in [-0.15, -0.1) is 0 Å². The molecular weight excluding hydrogens is 340 g/mol. The fraction of sp³-hybridized carbons (Fsp3) is 0.286. The van der Waals surface area contributed by atoms with E-state index in [0.717, 1.165) is 59.8 Å². The predicted octanol–water partition coefficient (Wildman–Crippen LogP) is 3.83. The molecule has 6 heteroatoms. The van der Waals surface area contributed by atoms with Gasteiger partial charge in [0.25, 0.3) is 0 Å². The van der Waals surface area contributed by atoms with E-state index in [9.17, 15) is 0 Å². The molecule has 2 aromatic heterocycles. The molecule has 0 aliphatic carbocycles. The zero-order valence-electron chi connectivity index (χ0n) is 15.1. The van der Waals surface area contributed by atoms with Crippen molar-refractivity contribution in [2.24, 2.45) is 0 Å². The van der Waals surface area contributed by atoms with Gasteiger partial charge in [0, 0.05) is 12.2 Å². The summed E-state index contributed by atoms with van der Waals surface area (Å²) in [6, 6.07) is 15.8. The molecule has 1 atom stereocenters. The summed E-state index contributed by atoms with van der Waals surface area (Å²) in [5, 5.41) is 0. The number of methoxy groups -OCH3 is 1. The molecule has 0 spiro atoms. The third kappa shape index (κ3) is 2.92. The van der Waals surface area contributed by atoms with Crippen LogP contribution in [0, 0.1) is 0 Å². The first kappa shape index (κ1) is 16.2. The minimum absolute atomic E-state index is 0.181. The van der Waals surface area contributed by atoms with Crippen LogP contribution >= 0.6 is 0 Å². The van der Waals surface area contributed by atoms with Crippen LogP contribution in [0.2, 0.25) is 0 Å². The van der Waals surface area contributed by atoms with E-state index in [0.29, 0.717) is 5.65 Å². The maximum Gasteiger partial charge on any atom is 0.198 e. The zero-order valence-corrected chi connectivity index (χ0v) is 15.1. The van der Waals surface area contributed by atoms with E-state index >= 15 is 0 Å². The Morgan fingerprint density at radius 2 is 1.93 bits per heavy atom. The summed E-state index contributed by atoms with van der Waals surface area (Å²) in [5.74, 6) is 1.64. The SMILES string of the molecule is COc1cccc(-c2nc3nc4ccccc4nc3n2CC2CCCO2)c1. The molecule has 0 bridgehead atoms. The van der Waals surface area contributed by atoms with E-state index in [4.69, 9.17) is 24.4 Å². The van der Waals surface area contributed by atoms with Crippen LogP contribution in [0.15, 0.2) is 48.5 Å². The van der Waals surface area contributed by atoms with Gasteiger partial charge in [-0.2, -0.15) is 0 Å². The van der Waals surface area contributed by atoms with Gasteiger partial charge in [-0.3, -0.25) is 0 Å². The quantitative estimate of drug-likeness (QED) is 0.553. The van der Waals surface area contributed by atoms with E-state index in [1.54, 1.807) is 7.11 Å².